The fourth-order valence-electron chi connectivity index (χ4n) is 3.12. The minimum Gasteiger partial charge on any atom is -0.489 e. The molecule has 0 heterocycles. The Bertz CT molecular complexity index is 964. The van der Waals surface area contributed by atoms with Gasteiger partial charge in [0.05, 0.1) is 6.10 Å². The molecule has 0 saturated carbocycles. The lowest BCUT2D eigenvalue weighted by Gasteiger charge is -2.11. The van der Waals surface area contributed by atoms with Gasteiger partial charge in [0.25, 0.3) is 0 Å². The summed E-state index contributed by atoms with van der Waals surface area (Å²) >= 11 is 0. The summed E-state index contributed by atoms with van der Waals surface area (Å²) in [5, 5.41) is 9.75. The van der Waals surface area contributed by atoms with Crippen LogP contribution in [-0.4, -0.2) is 24.2 Å². The van der Waals surface area contributed by atoms with Crippen LogP contribution in [0.5, 0.6) is 5.75 Å². The first-order valence-corrected chi connectivity index (χ1v) is 12.0. The van der Waals surface area contributed by atoms with E-state index in [0.717, 1.165) is 47.2 Å². The predicted molar refractivity (Wildman–Crippen MR) is 128 cm³/mol. The van der Waals surface area contributed by atoms with Crippen LogP contribution >= 0.6 is 7.77 Å². The third-order valence-electron chi connectivity index (χ3n) is 4.98. The molecule has 0 fully saturated rings. The molecule has 0 aliphatic heterocycles. The lowest BCUT2D eigenvalue weighted by Crippen LogP contribution is -1.98. The van der Waals surface area contributed by atoms with Gasteiger partial charge in [-0.15, -0.1) is 0 Å². The van der Waals surface area contributed by atoms with Crippen molar-refractivity contribution < 1.29 is 14.4 Å². The average molecular weight is 421 g/mol. The van der Waals surface area contributed by atoms with Gasteiger partial charge in [-0.2, -0.15) is 4.52 Å². The zero-order chi connectivity index (χ0) is 21.3. The highest BCUT2D eigenvalue weighted by molar-refractivity contribution is 7.50. The Morgan fingerprint density at radius 3 is 2.43 bits per heavy atom. The minimum absolute atomic E-state index is 0.468. The molecule has 0 amide bonds. The van der Waals surface area contributed by atoms with Crippen molar-refractivity contribution in [3.8, 4) is 16.9 Å². The Kier molecular flexibility index (Phi) is 8.21. The summed E-state index contributed by atoms with van der Waals surface area (Å²) in [6.45, 7) is 5.07. The maximum atomic E-state index is 9.75. The second-order valence-corrected chi connectivity index (χ2v) is 9.17. The van der Waals surface area contributed by atoms with Crippen molar-refractivity contribution >= 4 is 14.1 Å². The number of ether oxygens (including phenoxy) is 1. The molecule has 0 radical (unpaired) electrons. The molecule has 3 nitrogen and oxygen atoms in total. The summed E-state index contributed by atoms with van der Waals surface area (Å²) in [5.41, 5.74) is 5.49. The van der Waals surface area contributed by atoms with Gasteiger partial charge < -0.3 is 9.84 Å². The van der Waals surface area contributed by atoms with E-state index in [-0.39, 0.29) is 0 Å². The molecule has 0 spiro atoms. The molecule has 0 bridgehead atoms. The van der Waals surface area contributed by atoms with Crippen LogP contribution < -0.4 is 4.74 Å². The monoisotopic (exact) mass is 421 g/mol. The number of aliphatic hydroxyl groups excluding tert-OH is 1. The van der Waals surface area contributed by atoms with E-state index in [0.29, 0.717) is 6.61 Å². The molecule has 2 unspecified atom stereocenters. The summed E-state index contributed by atoms with van der Waals surface area (Å²) in [4.78, 5) is 0. The van der Waals surface area contributed by atoms with Crippen LogP contribution in [0, 0.1) is 0 Å². The Labute approximate surface area is 180 Å². The van der Waals surface area contributed by atoms with Crippen molar-refractivity contribution in [2.45, 2.75) is 33.0 Å². The van der Waals surface area contributed by atoms with Gasteiger partial charge in [0.15, 0.2) is 0 Å². The fraction of sp³-hybridized carbons (Fsp3) is 0.269. The largest absolute Gasteiger partial charge is 0.489 e. The molecule has 0 aromatic heterocycles. The zero-order valence-corrected chi connectivity index (χ0v) is 18.6. The summed E-state index contributed by atoms with van der Waals surface area (Å²) in [5.74, 6) is 0.829. The van der Waals surface area contributed by atoms with Gasteiger partial charge >= 0.3 is 0 Å². The third kappa shape index (κ3) is 6.53. The smallest absolute Gasteiger partial charge is 0.246 e. The molecule has 0 aliphatic carbocycles. The van der Waals surface area contributed by atoms with E-state index in [2.05, 4.69) is 49.6 Å². The quantitative estimate of drug-likeness (QED) is 0.385. The Morgan fingerprint density at radius 1 is 0.933 bits per heavy atom. The molecule has 3 rings (SSSR count). The van der Waals surface area contributed by atoms with Crippen molar-refractivity contribution in [3.63, 3.8) is 0 Å². The summed E-state index contributed by atoms with van der Waals surface area (Å²) in [6.07, 6.45) is 5.44. The van der Waals surface area contributed by atoms with E-state index in [1.165, 1.54) is 5.56 Å². The Balaban J connectivity index is 1.61. The van der Waals surface area contributed by atoms with Crippen molar-refractivity contribution in [3.05, 3.63) is 89.5 Å². The second kappa shape index (κ2) is 11.1. The molecule has 4 heteroatoms. The minimum atomic E-state index is -0.523. The van der Waals surface area contributed by atoms with Crippen LogP contribution in [0.4, 0.5) is 0 Å². The first kappa shape index (κ1) is 22.2. The van der Waals surface area contributed by atoms with Gasteiger partial charge in [0.2, 0.25) is 7.77 Å². The van der Waals surface area contributed by atoms with Crippen molar-refractivity contribution in [2.75, 3.05) is 12.8 Å². The SMILES string of the molecule is C=[P+](CC)OCCc1ccc(-c2cccc(OCc3cccc(C(C)O)c3)c2)cc1. The van der Waals surface area contributed by atoms with E-state index >= 15 is 0 Å². The van der Waals surface area contributed by atoms with Gasteiger partial charge in [-0.25, -0.2) is 0 Å². The van der Waals surface area contributed by atoms with E-state index in [4.69, 9.17) is 9.26 Å². The molecule has 2 atom stereocenters. The van der Waals surface area contributed by atoms with Crippen molar-refractivity contribution in [1.29, 1.82) is 0 Å². The molecule has 3 aromatic rings. The molecule has 3 aromatic carbocycles. The van der Waals surface area contributed by atoms with Crippen LogP contribution in [0.1, 0.15) is 36.6 Å². The van der Waals surface area contributed by atoms with Gasteiger partial charge in [0.1, 0.15) is 31.4 Å². The first-order valence-electron chi connectivity index (χ1n) is 10.3. The second-order valence-electron chi connectivity index (χ2n) is 7.32. The zero-order valence-electron chi connectivity index (χ0n) is 17.8. The van der Waals surface area contributed by atoms with E-state index < -0.39 is 13.9 Å². The van der Waals surface area contributed by atoms with Crippen LogP contribution in [-0.2, 0) is 17.6 Å². The highest BCUT2D eigenvalue weighted by Gasteiger charge is 2.06. The Morgan fingerprint density at radius 2 is 1.70 bits per heavy atom. The molecule has 0 saturated heterocycles. The standard InChI is InChI=1S/C26H30O3P/c1-4-30(3)29-16-15-21-11-13-23(14-12-21)25-9-6-10-26(18-25)28-19-22-7-5-8-24(17-22)20(2)27/h5-14,17-18,20,27H,3-4,15-16,19H2,1-2H3/q+1. The van der Waals surface area contributed by atoms with E-state index in [1.54, 1.807) is 6.92 Å². The lowest BCUT2D eigenvalue weighted by atomic mass is 10.0. The highest BCUT2D eigenvalue weighted by Crippen LogP contribution is 2.26. The highest BCUT2D eigenvalue weighted by atomic mass is 31.1. The van der Waals surface area contributed by atoms with Crippen LogP contribution in [0.2, 0.25) is 0 Å². The van der Waals surface area contributed by atoms with Gasteiger partial charge in [-0.1, -0.05) is 54.6 Å². The molecule has 30 heavy (non-hydrogen) atoms. The third-order valence-corrected chi connectivity index (χ3v) is 6.23. The normalized spacial score (nSPS) is 12.4. The molecule has 1 N–H and O–H groups in total. The lowest BCUT2D eigenvalue weighted by molar-refractivity contribution is 0.199. The molecular formula is C26H30O3P+. The topological polar surface area (TPSA) is 38.7 Å². The number of rotatable bonds is 10. The molecular weight excluding hydrogens is 391 g/mol. The average Bonchev–Trinajstić information content (AvgIpc) is 2.78. The summed E-state index contributed by atoms with van der Waals surface area (Å²) in [6, 6.07) is 24.6. The van der Waals surface area contributed by atoms with E-state index in [1.807, 2.05) is 36.4 Å². The van der Waals surface area contributed by atoms with Crippen molar-refractivity contribution in [2.24, 2.45) is 0 Å². The van der Waals surface area contributed by atoms with Crippen LogP contribution in [0.3, 0.4) is 0 Å². The number of benzene rings is 3. The fourth-order valence-corrected chi connectivity index (χ4v) is 3.65. The van der Waals surface area contributed by atoms with Crippen LogP contribution in [0.25, 0.3) is 11.1 Å². The number of aliphatic hydroxyl groups is 1. The van der Waals surface area contributed by atoms with Gasteiger partial charge in [-0.3, -0.25) is 0 Å². The maximum Gasteiger partial charge on any atom is 0.246 e. The number of hydrogen-bond acceptors (Lipinski definition) is 3. The van der Waals surface area contributed by atoms with Gasteiger partial charge in [-0.05, 0) is 59.9 Å². The predicted octanol–water partition coefficient (Wildman–Crippen LogP) is 6.39. The number of hydrogen-bond donors (Lipinski definition) is 1. The first-order chi connectivity index (χ1) is 14.5. The van der Waals surface area contributed by atoms with E-state index in [9.17, 15) is 5.11 Å². The van der Waals surface area contributed by atoms with Gasteiger partial charge in [0, 0.05) is 6.42 Å². The summed E-state index contributed by atoms with van der Waals surface area (Å²) in [7, 11) is -0.523. The molecule has 0 aliphatic rings. The Hall–Kier alpha value is -2.45. The maximum absolute atomic E-state index is 9.75. The van der Waals surface area contributed by atoms with Crippen molar-refractivity contribution in [1.82, 2.24) is 0 Å². The molecule has 156 valence electrons. The summed E-state index contributed by atoms with van der Waals surface area (Å²) < 4.78 is 11.7. The van der Waals surface area contributed by atoms with Crippen LogP contribution in [0.15, 0.2) is 72.8 Å².